The maximum absolute atomic E-state index is 12.0. The van der Waals surface area contributed by atoms with E-state index in [4.69, 9.17) is 0 Å². The SMILES string of the molecule is CCNCc1ccc(S(=O)(=O)NCc2ncc[nH]2)nc1. The van der Waals surface area contributed by atoms with E-state index in [0.29, 0.717) is 12.4 Å². The lowest BCUT2D eigenvalue weighted by Crippen LogP contribution is -2.24. The Hall–Kier alpha value is -1.77. The van der Waals surface area contributed by atoms with Crippen LogP contribution in [0.2, 0.25) is 0 Å². The zero-order valence-electron chi connectivity index (χ0n) is 11.1. The highest BCUT2D eigenvalue weighted by Gasteiger charge is 2.15. The van der Waals surface area contributed by atoms with E-state index in [1.807, 2.05) is 6.92 Å². The molecular weight excluding hydrogens is 278 g/mol. The average molecular weight is 295 g/mol. The Morgan fingerprint density at radius 3 is 2.70 bits per heavy atom. The molecule has 0 radical (unpaired) electrons. The summed E-state index contributed by atoms with van der Waals surface area (Å²) in [4.78, 5) is 10.8. The van der Waals surface area contributed by atoms with Crippen LogP contribution in [0.5, 0.6) is 0 Å². The maximum Gasteiger partial charge on any atom is 0.258 e. The quantitative estimate of drug-likeness (QED) is 0.686. The van der Waals surface area contributed by atoms with Crippen LogP contribution in [0.4, 0.5) is 0 Å². The number of nitrogens with zero attached hydrogens (tertiary/aromatic N) is 2. The molecule has 0 aliphatic carbocycles. The van der Waals surface area contributed by atoms with E-state index in [2.05, 4.69) is 25.0 Å². The molecule has 0 saturated carbocycles. The van der Waals surface area contributed by atoms with Crippen molar-refractivity contribution in [1.82, 2.24) is 25.0 Å². The van der Waals surface area contributed by atoms with Crippen LogP contribution in [-0.4, -0.2) is 29.9 Å². The standard InChI is InChI=1S/C12H17N5O2S/c1-2-13-7-10-3-4-12(16-8-10)20(18,19)17-9-11-14-5-6-15-11/h3-6,8,13,17H,2,7,9H2,1H3,(H,14,15). The number of imidazole rings is 1. The Morgan fingerprint density at radius 2 is 2.10 bits per heavy atom. The van der Waals surface area contributed by atoms with E-state index in [1.165, 1.54) is 6.07 Å². The fourth-order valence-corrected chi connectivity index (χ4v) is 2.49. The number of rotatable bonds is 7. The fourth-order valence-electron chi connectivity index (χ4n) is 1.58. The third-order valence-corrected chi connectivity index (χ3v) is 3.95. The van der Waals surface area contributed by atoms with Gasteiger partial charge in [-0.3, -0.25) is 0 Å². The Bertz CT molecular complexity index is 622. The van der Waals surface area contributed by atoms with Crippen LogP contribution >= 0.6 is 0 Å². The van der Waals surface area contributed by atoms with E-state index < -0.39 is 10.0 Å². The van der Waals surface area contributed by atoms with Crippen LogP contribution in [0.1, 0.15) is 18.3 Å². The number of aromatic nitrogens is 3. The first kappa shape index (κ1) is 14.6. The molecule has 0 unspecified atom stereocenters. The van der Waals surface area contributed by atoms with Crippen LogP contribution in [0.25, 0.3) is 0 Å². The number of hydrogen-bond acceptors (Lipinski definition) is 5. The van der Waals surface area contributed by atoms with Crippen molar-refractivity contribution in [3.05, 3.63) is 42.1 Å². The minimum atomic E-state index is -3.62. The van der Waals surface area contributed by atoms with Gasteiger partial charge in [-0.25, -0.2) is 23.1 Å². The topological polar surface area (TPSA) is 99.8 Å². The lowest BCUT2D eigenvalue weighted by Gasteiger charge is -2.06. The van der Waals surface area contributed by atoms with Crippen molar-refractivity contribution >= 4 is 10.0 Å². The summed E-state index contributed by atoms with van der Waals surface area (Å²) in [6.07, 6.45) is 4.76. The number of sulfonamides is 1. The summed E-state index contributed by atoms with van der Waals surface area (Å²) in [7, 11) is -3.62. The summed E-state index contributed by atoms with van der Waals surface area (Å²) >= 11 is 0. The molecule has 8 heteroatoms. The molecule has 0 spiro atoms. The molecule has 0 bridgehead atoms. The van der Waals surface area contributed by atoms with Crippen molar-refractivity contribution in [2.24, 2.45) is 0 Å². The molecule has 2 rings (SSSR count). The summed E-state index contributed by atoms with van der Waals surface area (Å²) in [6.45, 7) is 3.63. The van der Waals surface area contributed by atoms with Crippen LogP contribution in [0.15, 0.2) is 35.7 Å². The Morgan fingerprint density at radius 1 is 1.25 bits per heavy atom. The van der Waals surface area contributed by atoms with Crippen molar-refractivity contribution in [3.63, 3.8) is 0 Å². The Kier molecular flexibility index (Phi) is 4.83. The second kappa shape index (κ2) is 6.60. The normalized spacial score (nSPS) is 11.7. The highest BCUT2D eigenvalue weighted by Crippen LogP contribution is 2.07. The summed E-state index contributed by atoms with van der Waals surface area (Å²) in [5.41, 5.74) is 0.942. The van der Waals surface area contributed by atoms with Gasteiger partial charge in [0.2, 0.25) is 0 Å². The molecule has 0 atom stereocenters. The predicted molar refractivity (Wildman–Crippen MR) is 74.2 cm³/mol. The monoisotopic (exact) mass is 295 g/mol. The van der Waals surface area contributed by atoms with E-state index >= 15 is 0 Å². The molecule has 0 aliphatic rings. The van der Waals surface area contributed by atoms with Crippen molar-refractivity contribution in [3.8, 4) is 0 Å². The van der Waals surface area contributed by atoms with Gasteiger partial charge in [0, 0.05) is 25.1 Å². The van der Waals surface area contributed by atoms with Crippen molar-refractivity contribution in [2.45, 2.75) is 25.0 Å². The zero-order valence-corrected chi connectivity index (χ0v) is 11.9. The van der Waals surface area contributed by atoms with Gasteiger partial charge in [-0.15, -0.1) is 0 Å². The van der Waals surface area contributed by atoms with Gasteiger partial charge in [-0.05, 0) is 18.2 Å². The maximum atomic E-state index is 12.0. The average Bonchev–Trinajstić information content (AvgIpc) is 2.97. The molecule has 0 amide bonds. The molecule has 2 aromatic rings. The Labute approximate surface area is 117 Å². The van der Waals surface area contributed by atoms with Gasteiger partial charge >= 0.3 is 0 Å². The first-order valence-electron chi connectivity index (χ1n) is 6.25. The highest BCUT2D eigenvalue weighted by atomic mass is 32.2. The summed E-state index contributed by atoms with van der Waals surface area (Å²) in [5, 5.41) is 3.15. The number of nitrogens with one attached hydrogen (secondary N) is 3. The molecule has 0 fully saturated rings. The van der Waals surface area contributed by atoms with Gasteiger partial charge in [0.15, 0.2) is 5.03 Å². The lowest BCUT2D eigenvalue weighted by atomic mass is 10.3. The van der Waals surface area contributed by atoms with Gasteiger partial charge in [0.25, 0.3) is 10.0 Å². The second-order valence-corrected chi connectivity index (χ2v) is 5.86. The highest BCUT2D eigenvalue weighted by molar-refractivity contribution is 7.89. The molecule has 0 saturated heterocycles. The Balaban J connectivity index is 2.01. The number of H-pyrrole nitrogens is 1. The van der Waals surface area contributed by atoms with Crippen LogP contribution < -0.4 is 10.0 Å². The minimum absolute atomic E-state index is 0.00399. The molecule has 3 N–H and O–H groups in total. The molecule has 108 valence electrons. The molecule has 0 aromatic carbocycles. The number of hydrogen-bond donors (Lipinski definition) is 3. The van der Waals surface area contributed by atoms with Crippen LogP contribution in [0.3, 0.4) is 0 Å². The first-order valence-corrected chi connectivity index (χ1v) is 7.73. The van der Waals surface area contributed by atoms with Gasteiger partial charge in [0.05, 0.1) is 6.54 Å². The van der Waals surface area contributed by atoms with Gasteiger partial charge in [-0.2, -0.15) is 0 Å². The molecule has 7 nitrogen and oxygen atoms in total. The molecular formula is C12H17N5O2S. The summed E-state index contributed by atoms with van der Waals surface area (Å²) in [5.74, 6) is 0.553. The van der Waals surface area contributed by atoms with E-state index in [0.717, 1.165) is 12.1 Å². The van der Waals surface area contributed by atoms with Crippen LogP contribution in [0, 0.1) is 0 Å². The number of aromatic amines is 1. The van der Waals surface area contributed by atoms with Crippen molar-refractivity contribution in [2.75, 3.05) is 6.54 Å². The minimum Gasteiger partial charge on any atom is -0.347 e. The van der Waals surface area contributed by atoms with Gasteiger partial charge in [0.1, 0.15) is 5.82 Å². The van der Waals surface area contributed by atoms with E-state index in [1.54, 1.807) is 24.7 Å². The largest absolute Gasteiger partial charge is 0.347 e. The third-order valence-electron chi connectivity index (χ3n) is 2.64. The molecule has 0 aliphatic heterocycles. The first-order chi connectivity index (χ1) is 9.62. The fraction of sp³-hybridized carbons (Fsp3) is 0.333. The van der Waals surface area contributed by atoms with Gasteiger partial charge in [-0.1, -0.05) is 13.0 Å². The summed E-state index contributed by atoms with van der Waals surface area (Å²) < 4.78 is 26.5. The van der Waals surface area contributed by atoms with Gasteiger partial charge < -0.3 is 10.3 Å². The smallest absolute Gasteiger partial charge is 0.258 e. The number of pyridine rings is 1. The summed E-state index contributed by atoms with van der Waals surface area (Å²) in [6, 6.07) is 3.24. The predicted octanol–water partition coefficient (Wildman–Crippen LogP) is 0.393. The van der Waals surface area contributed by atoms with E-state index in [-0.39, 0.29) is 11.6 Å². The third kappa shape index (κ3) is 3.86. The van der Waals surface area contributed by atoms with E-state index in [9.17, 15) is 8.42 Å². The molecule has 20 heavy (non-hydrogen) atoms. The zero-order chi connectivity index (χ0) is 14.4. The second-order valence-electron chi connectivity index (χ2n) is 4.15. The van der Waals surface area contributed by atoms with Crippen molar-refractivity contribution < 1.29 is 8.42 Å². The van der Waals surface area contributed by atoms with Crippen molar-refractivity contribution in [1.29, 1.82) is 0 Å². The molecule has 2 aromatic heterocycles. The molecule has 2 heterocycles. The lowest BCUT2D eigenvalue weighted by molar-refractivity contribution is 0.575. The van der Waals surface area contributed by atoms with Crippen LogP contribution in [-0.2, 0) is 23.1 Å².